The molecular weight excluding hydrogens is 182 g/mol. The second kappa shape index (κ2) is 5.18. The van der Waals surface area contributed by atoms with Gasteiger partial charge in [-0.05, 0) is 13.0 Å². The van der Waals surface area contributed by atoms with Crippen molar-refractivity contribution in [1.29, 1.82) is 0 Å². The van der Waals surface area contributed by atoms with Crippen LogP contribution < -0.4 is 16.5 Å². The van der Waals surface area contributed by atoms with Crippen LogP contribution in [0.15, 0.2) is 23.3 Å². The molecule has 0 atom stereocenters. The van der Waals surface area contributed by atoms with Crippen LogP contribution in [0.3, 0.4) is 0 Å². The Morgan fingerprint density at radius 1 is 1.57 bits per heavy atom. The van der Waals surface area contributed by atoms with Crippen molar-refractivity contribution in [3.63, 3.8) is 0 Å². The molecule has 76 valence electrons. The van der Waals surface area contributed by atoms with Crippen LogP contribution in [0.4, 0.5) is 0 Å². The van der Waals surface area contributed by atoms with Crippen molar-refractivity contribution >= 4 is 5.91 Å². The van der Waals surface area contributed by atoms with E-state index >= 15 is 0 Å². The van der Waals surface area contributed by atoms with Crippen molar-refractivity contribution in [2.24, 2.45) is 5.73 Å². The molecule has 1 amide bonds. The molecule has 1 heterocycles. The Morgan fingerprint density at radius 2 is 2.36 bits per heavy atom. The summed E-state index contributed by atoms with van der Waals surface area (Å²) in [6, 6.07) is 1.32. The fourth-order valence-corrected chi connectivity index (χ4v) is 0.993. The van der Waals surface area contributed by atoms with Gasteiger partial charge in [-0.25, -0.2) is 0 Å². The molecule has 0 aliphatic rings. The maximum Gasteiger partial charge on any atom is 0.256 e. The van der Waals surface area contributed by atoms with E-state index in [1.807, 2.05) is 0 Å². The predicted molar refractivity (Wildman–Crippen MR) is 53.1 cm³/mol. The van der Waals surface area contributed by atoms with Gasteiger partial charge in [-0.15, -0.1) is 0 Å². The highest BCUT2D eigenvalue weighted by Crippen LogP contribution is 1.87. The molecule has 0 bridgehead atoms. The lowest BCUT2D eigenvalue weighted by atomic mass is 10.2. The Hall–Kier alpha value is -1.62. The normalized spacial score (nSPS) is 9.79. The van der Waals surface area contributed by atoms with E-state index in [-0.39, 0.29) is 16.9 Å². The zero-order valence-electron chi connectivity index (χ0n) is 7.75. The second-order valence-corrected chi connectivity index (χ2v) is 2.82. The highest BCUT2D eigenvalue weighted by molar-refractivity contribution is 5.93. The van der Waals surface area contributed by atoms with Crippen LogP contribution >= 0.6 is 0 Å². The van der Waals surface area contributed by atoms with Crippen LogP contribution in [-0.2, 0) is 0 Å². The summed E-state index contributed by atoms with van der Waals surface area (Å²) in [7, 11) is 0. The number of carbonyl (C=O) groups is 1. The van der Waals surface area contributed by atoms with Crippen molar-refractivity contribution in [3.8, 4) is 0 Å². The smallest absolute Gasteiger partial charge is 0.256 e. The molecule has 1 aromatic rings. The number of hydrogen-bond donors (Lipinski definition) is 3. The van der Waals surface area contributed by atoms with Gasteiger partial charge >= 0.3 is 0 Å². The minimum absolute atomic E-state index is 0.129. The van der Waals surface area contributed by atoms with E-state index in [1.54, 1.807) is 0 Å². The number of nitrogens with two attached hydrogens (primary N) is 1. The topological polar surface area (TPSA) is 88.0 Å². The molecule has 0 aromatic carbocycles. The minimum atomic E-state index is -0.361. The highest BCUT2D eigenvalue weighted by atomic mass is 16.2. The molecule has 0 saturated carbocycles. The van der Waals surface area contributed by atoms with Crippen molar-refractivity contribution < 1.29 is 4.79 Å². The summed E-state index contributed by atoms with van der Waals surface area (Å²) in [5.74, 6) is -0.361. The van der Waals surface area contributed by atoms with E-state index in [9.17, 15) is 9.59 Å². The summed E-state index contributed by atoms with van der Waals surface area (Å²) in [5, 5.41) is 2.60. The van der Waals surface area contributed by atoms with Gasteiger partial charge in [0, 0.05) is 25.0 Å². The lowest BCUT2D eigenvalue weighted by Gasteiger charge is -2.02. The van der Waals surface area contributed by atoms with E-state index in [4.69, 9.17) is 5.73 Å². The van der Waals surface area contributed by atoms with Gasteiger partial charge in [0.25, 0.3) is 5.91 Å². The largest absolute Gasteiger partial charge is 0.367 e. The van der Waals surface area contributed by atoms with Gasteiger partial charge < -0.3 is 16.0 Å². The Kier molecular flexibility index (Phi) is 3.87. The molecule has 0 radical (unpaired) electrons. The van der Waals surface area contributed by atoms with Crippen molar-refractivity contribution in [2.45, 2.75) is 6.42 Å². The molecule has 0 saturated heterocycles. The lowest BCUT2D eigenvalue weighted by Crippen LogP contribution is -2.30. The molecule has 4 N–H and O–H groups in total. The molecule has 0 aliphatic heterocycles. The summed E-state index contributed by atoms with van der Waals surface area (Å²) in [5.41, 5.74) is 5.11. The van der Waals surface area contributed by atoms with Gasteiger partial charge in [0.2, 0.25) is 0 Å². The van der Waals surface area contributed by atoms with E-state index < -0.39 is 0 Å². The summed E-state index contributed by atoms with van der Waals surface area (Å²) >= 11 is 0. The van der Waals surface area contributed by atoms with Gasteiger partial charge in [0.1, 0.15) is 5.56 Å². The first-order valence-electron chi connectivity index (χ1n) is 4.41. The Morgan fingerprint density at radius 3 is 3.00 bits per heavy atom. The molecule has 0 aliphatic carbocycles. The zero-order chi connectivity index (χ0) is 10.4. The summed E-state index contributed by atoms with van der Waals surface area (Å²) in [6.45, 7) is 1.01. The molecule has 14 heavy (non-hydrogen) atoms. The quantitative estimate of drug-likeness (QED) is 0.563. The van der Waals surface area contributed by atoms with E-state index in [1.165, 1.54) is 18.5 Å². The molecular formula is C9H13N3O2. The number of rotatable bonds is 4. The number of aromatic nitrogens is 1. The van der Waals surface area contributed by atoms with Crippen LogP contribution in [0.2, 0.25) is 0 Å². The molecule has 5 heteroatoms. The number of carbonyl (C=O) groups excluding carboxylic acids is 1. The first-order valence-corrected chi connectivity index (χ1v) is 4.41. The molecule has 1 aromatic heterocycles. The lowest BCUT2D eigenvalue weighted by molar-refractivity contribution is 0.0952. The van der Waals surface area contributed by atoms with Gasteiger partial charge in [0.05, 0.1) is 0 Å². The first kappa shape index (κ1) is 10.5. The Balaban J connectivity index is 2.61. The minimum Gasteiger partial charge on any atom is -0.367 e. The second-order valence-electron chi connectivity index (χ2n) is 2.82. The summed E-state index contributed by atoms with van der Waals surface area (Å²) in [4.78, 5) is 25.2. The van der Waals surface area contributed by atoms with Crippen LogP contribution in [0, 0.1) is 0 Å². The number of pyridine rings is 1. The number of nitrogens with one attached hydrogen (secondary N) is 2. The third kappa shape index (κ3) is 2.70. The zero-order valence-corrected chi connectivity index (χ0v) is 7.75. The number of aromatic amines is 1. The maximum absolute atomic E-state index is 11.4. The van der Waals surface area contributed by atoms with Crippen LogP contribution in [0.1, 0.15) is 16.8 Å². The van der Waals surface area contributed by atoms with E-state index in [2.05, 4.69) is 10.3 Å². The average molecular weight is 195 g/mol. The van der Waals surface area contributed by atoms with Crippen molar-refractivity contribution in [1.82, 2.24) is 10.3 Å². The van der Waals surface area contributed by atoms with Gasteiger partial charge in [0.15, 0.2) is 5.43 Å². The Labute approximate surface area is 81.3 Å². The monoisotopic (exact) mass is 195 g/mol. The van der Waals surface area contributed by atoms with Crippen LogP contribution in [0.5, 0.6) is 0 Å². The highest BCUT2D eigenvalue weighted by Gasteiger charge is 2.07. The third-order valence-corrected chi connectivity index (χ3v) is 1.74. The van der Waals surface area contributed by atoms with Crippen molar-refractivity contribution in [3.05, 3.63) is 34.2 Å². The molecule has 5 nitrogen and oxygen atoms in total. The van der Waals surface area contributed by atoms with Crippen LogP contribution in [0.25, 0.3) is 0 Å². The maximum atomic E-state index is 11.4. The molecule has 1 rings (SSSR count). The SMILES string of the molecule is NCCCNC(=O)c1c[nH]ccc1=O. The van der Waals surface area contributed by atoms with Crippen LogP contribution in [-0.4, -0.2) is 24.0 Å². The number of hydrogen-bond acceptors (Lipinski definition) is 3. The van der Waals surface area contributed by atoms with Gasteiger partial charge in [-0.3, -0.25) is 9.59 Å². The first-order chi connectivity index (χ1) is 6.75. The number of H-pyrrole nitrogens is 1. The predicted octanol–water partition coefficient (Wildman–Crippen LogP) is -0.547. The third-order valence-electron chi connectivity index (χ3n) is 1.74. The number of amides is 1. The molecule has 0 spiro atoms. The standard InChI is InChI=1S/C9H13N3O2/c10-3-1-4-12-9(14)7-6-11-5-2-8(7)13/h2,5-6H,1,3-4,10H2,(H,11,13)(H,12,14). The van der Waals surface area contributed by atoms with Gasteiger partial charge in [-0.1, -0.05) is 0 Å². The molecule has 0 fully saturated rings. The fourth-order valence-electron chi connectivity index (χ4n) is 0.993. The van der Waals surface area contributed by atoms with E-state index in [0.717, 1.165) is 0 Å². The summed E-state index contributed by atoms with van der Waals surface area (Å²) < 4.78 is 0. The summed E-state index contributed by atoms with van der Waals surface area (Å²) in [6.07, 6.45) is 3.58. The fraction of sp³-hybridized carbons (Fsp3) is 0.333. The Bertz CT molecular complexity index is 359. The van der Waals surface area contributed by atoms with Gasteiger partial charge in [-0.2, -0.15) is 0 Å². The van der Waals surface area contributed by atoms with Crippen molar-refractivity contribution in [2.75, 3.05) is 13.1 Å². The molecule has 0 unspecified atom stereocenters. The van der Waals surface area contributed by atoms with E-state index in [0.29, 0.717) is 19.5 Å². The average Bonchev–Trinajstić information content (AvgIpc) is 2.18.